The summed E-state index contributed by atoms with van der Waals surface area (Å²) in [6, 6.07) is 63.8. The van der Waals surface area contributed by atoms with Crippen LogP contribution in [0.4, 0.5) is 5.69 Å². The molecule has 0 saturated carbocycles. The SMILES string of the molecule is C=C1/C=C(c2c3ccccc3c(-c3ccc4ccccc4c3)c3ccccc23)\C=C/N(c2ccccc2)C(C(/C=C(\N)c2ccccc2)=C/Cc2ccccc2)=N1. The van der Waals surface area contributed by atoms with Crippen molar-refractivity contribution in [3.63, 3.8) is 0 Å². The minimum absolute atomic E-state index is 0.634. The van der Waals surface area contributed by atoms with E-state index < -0.39 is 0 Å². The number of fused-ring (bicyclic) bond motifs is 3. The predicted octanol–water partition coefficient (Wildman–Crippen LogP) is 13.3. The number of nitrogens with two attached hydrogens (primary N) is 1. The van der Waals surface area contributed by atoms with E-state index in [1.54, 1.807) is 0 Å². The third-order valence-electron chi connectivity index (χ3n) is 10.6. The Kier molecular flexibility index (Phi) is 9.70. The van der Waals surface area contributed by atoms with Gasteiger partial charge < -0.3 is 10.6 Å². The van der Waals surface area contributed by atoms with Gasteiger partial charge in [-0.25, -0.2) is 4.99 Å². The Bertz CT molecular complexity index is 2880. The van der Waals surface area contributed by atoms with E-state index in [0.29, 0.717) is 17.8 Å². The van der Waals surface area contributed by atoms with E-state index in [-0.39, 0.29) is 0 Å². The van der Waals surface area contributed by atoms with Crippen molar-refractivity contribution in [1.29, 1.82) is 0 Å². The normalized spacial score (nSPS) is 15.2. The minimum atomic E-state index is 0.634. The Morgan fingerprint density at radius 2 is 1.16 bits per heavy atom. The molecule has 0 aliphatic carbocycles. The molecule has 0 amide bonds. The number of hydrogen-bond acceptors (Lipinski definition) is 3. The van der Waals surface area contributed by atoms with E-state index in [4.69, 9.17) is 10.7 Å². The lowest BCUT2D eigenvalue weighted by Gasteiger charge is -2.26. The molecule has 8 aromatic carbocycles. The second-order valence-corrected chi connectivity index (χ2v) is 14.3. The molecule has 9 rings (SSSR count). The Morgan fingerprint density at radius 3 is 1.82 bits per heavy atom. The Hall–Kier alpha value is -7.49. The molecular formula is C54H41N3. The first-order valence-corrected chi connectivity index (χ1v) is 19.3. The number of anilines is 1. The van der Waals surface area contributed by atoms with Gasteiger partial charge >= 0.3 is 0 Å². The van der Waals surface area contributed by atoms with Crippen molar-refractivity contribution >= 4 is 55.1 Å². The zero-order chi connectivity index (χ0) is 38.6. The van der Waals surface area contributed by atoms with Gasteiger partial charge in [0.1, 0.15) is 5.84 Å². The highest BCUT2D eigenvalue weighted by Crippen LogP contribution is 2.43. The van der Waals surface area contributed by atoms with Gasteiger partial charge in [0.25, 0.3) is 0 Å². The molecule has 1 aliphatic rings. The van der Waals surface area contributed by atoms with E-state index in [1.807, 2.05) is 48.5 Å². The number of hydrogen-bond donors (Lipinski definition) is 1. The van der Waals surface area contributed by atoms with E-state index in [1.165, 1.54) is 49.0 Å². The average Bonchev–Trinajstić information content (AvgIpc) is 3.26. The molecule has 0 saturated heterocycles. The number of para-hydroxylation sites is 1. The Labute approximate surface area is 334 Å². The standard InChI is InChI=1S/C54H41N3/c1-38-35-44(53-49-27-15-13-25-47(49)52(48-26-14-16-28-50(48)53)43-32-31-40-19-11-12-22-42(40)36-43)33-34-57(46-23-9-4-10-24-46)54(56-38)45(30-29-39-17-5-2-6-18-39)37-51(55)41-20-7-3-8-21-41/h2-28,30-37H,1,29,55H2/b34-33-,44-35+,45-30+,51-37-,56-54?. The maximum atomic E-state index is 6.84. The number of aliphatic imine (C=N–C) groups is 1. The van der Waals surface area contributed by atoms with E-state index >= 15 is 0 Å². The molecule has 2 N–H and O–H groups in total. The lowest BCUT2D eigenvalue weighted by Crippen LogP contribution is -2.28. The maximum Gasteiger partial charge on any atom is 0.144 e. The molecule has 0 unspecified atom stereocenters. The molecule has 0 fully saturated rings. The van der Waals surface area contributed by atoms with Crippen molar-refractivity contribution in [1.82, 2.24) is 0 Å². The Balaban J connectivity index is 1.24. The van der Waals surface area contributed by atoms with Gasteiger partial charge in [0, 0.05) is 23.2 Å². The van der Waals surface area contributed by atoms with Crippen LogP contribution < -0.4 is 10.6 Å². The van der Waals surface area contributed by atoms with Crippen LogP contribution in [0.3, 0.4) is 0 Å². The third kappa shape index (κ3) is 7.23. The lowest BCUT2D eigenvalue weighted by molar-refractivity contribution is 1.23. The van der Waals surface area contributed by atoms with E-state index in [0.717, 1.165) is 33.8 Å². The molecule has 1 heterocycles. The zero-order valence-electron chi connectivity index (χ0n) is 31.6. The summed E-state index contributed by atoms with van der Waals surface area (Å²) in [4.78, 5) is 7.49. The summed E-state index contributed by atoms with van der Waals surface area (Å²) in [5.41, 5.74) is 16.7. The van der Waals surface area contributed by atoms with Crippen LogP contribution >= 0.6 is 0 Å². The topological polar surface area (TPSA) is 41.6 Å². The second kappa shape index (κ2) is 15.7. The lowest BCUT2D eigenvalue weighted by atomic mass is 9.85. The fourth-order valence-electron chi connectivity index (χ4n) is 7.86. The van der Waals surface area contributed by atoms with Crippen molar-refractivity contribution in [2.45, 2.75) is 6.42 Å². The highest BCUT2D eigenvalue weighted by atomic mass is 15.2. The number of amidine groups is 1. The van der Waals surface area contributed by atoms with Gasteiger partial charge in [-0.05, 0) is 109 Å². The minimum Gasteiger partial charge on any atom is -0.398 e. The van der Waals surface area contributed by atoms with Crippen LogP contribution in [0.1, 0.15) is 16.7 Å². The van der Waals surface area contributed by atoms with Crippen LogP contribution in [0.25, 0.3) is 54.7 Å². The molecule has 272 valence electrons. The largest absolute Gasteiger partial charge is 0.398 e. The molecule has 0 aromatic heterocycles. The van der Waals surface area contributed by atoms with Crippen LogP contribution in [0.15, 0.2) is 235 Å². The van der Waals surface area contributed by atoms with E-state index in [2.05, 4.69) is 175 Å². The zero-order valence-corrected chi connectivity index (χ0v) is 31.6. The summed E-state index contributed by atoms with van der Waals surface area (Å²) in [5, 5.41) is 7.18. The fourth-order valence-corrected chi connectivity index (χ4v) is 7.86. The van der Waals surface area contributed by atoms with Crippen molar-refractivity contribution in [2.75, 3.05) is 4.90 Å². The molecule has 8 aromatic rings. The van der Waals surface area contributed by atoms with Gasteiger partial charge in [0.05, 0.1) is 5.70 Å². The molecule has 57 heavy (non-hydrogen) atoms. The van der Waals surface area contributed by atoms with E-state index in [9.17, 15) is 0 Å². The van der Waals surface area contributed by atoms with Crippen LogP contribution in [-0.2, 0) is 6.42 Å². The summed E-state index contributed by atoms with van der Waals surface area (Å²) in [6.45, 7) is 4.56. The summed E-state index contributed by atoms with van der Waals surface area (Å²) in [6.07, 6.45) is 11.4. The average molecular weight is 732 g/mol. The molecule has 0 atom stereocenters. The van der Waals surface area contributed by atoms with Crippen molar-refractivity contribution in [3.8, 4) is 11.1 Å². The van der Waals surface area contributed by atoms with Crippen molar-refractivity contribution in [2.24, 2.45) is 10.7 Å². The maximum absolute atomic E-state index is 6.84. The quantitative estimate of drug-likeness (QED) is 0.125. The van der Waals surface area contributed by atoms with Gasteiger partial charge in [-0.2, -0.15) is 0 Å². The third-order valence-corrected chi connectivity index (χ3v) is 10.6. The smallest absolute Gasteiger partial charge is 0.144 e. The van der Waals surface area contributed by atoms with Gasteiger partial charge in [-0.3, -0.25) is 0 Å². The first kappa shape index (κ1) is 35.2. The Morgan fingerprint density at radius 1 is 0.596 bits per heavy atom. The number of nitrogens with zero attached hydrogens (tertiary/aromatic N) is 2. The summed E-state index contributed by atoms with van der Waals surface area (Å²) in [7, 11) is 0. The first-order valence-electron chi connectivity index (χ1n) is 19.3. The predicted molar refractivity (Wildman–Crippen MR) is 244 cm³/mol. The molecule has 0 bridgehead atoms. The van der Waals surface area contributed by atoms with Gasteiger partial charge in [0.15, 0.2) is 0 Å². The number of allylic oxidation sites excluding steroid dienone is 4. The molecule has 3 heteroatoms. The van der Waals surface area contributed by atoms with Crippen molar-refractivity contribution in [3.05, 3.63) is 247 Å². The fraction of sp³-hybridized carbons (Fsp3) is 0.0185. The van der Waals surface area contributed by atoms with Gasteiger partial charge in [-0.1, -0.05) is 176 Å². The molecule has 1 aliphatic heterocycles. The second-order valence-electron chi connectivity index (χ2n) is 14.3. The van der Waals surface area contributed by atoms with Crippen LogP contribution in [0.5, 0.6) is 0 Å². The summed E-state index contributed by atoms with van der Waals surface area (Å²) >= 11 is 0. The van der Waals surface area contributed by atoms with Crippen LogP contribution in [0.2, 0.25) is 0 Å². The first-order chi connectivity index (χ1) is 28.1. The molecular weight excluding hydrogens is 691 g/mol. The molecule has 3 nitrogen and oxygen atoms in total. The molecule has 0 radical (unpaired) electrons. The monoisotopic (exact) mass is 731 g/mol. The van der Waals surface area contributed by atoms with Crippen LogP contribution in [0, 0.1) is 0 Å². The summed E-state index contributed by atoms with van der Waals surface area (Å²) < 4.78 is 0. The van der Waals surface area contributed by atoms with Gasteiger partial charge in [-0.15, -0.1) is 0 Å². The highest BCUT2D eigenvalue weighted by Gasteiger charge is 2.21. The number of rotatable bonds is 8. The highest BCUT2D eigenvalue weighted by molar-refractivity contribution is 6.20. The van der Waals surface area contributed by atoms with Crippen LogP contribution in [-0.4, -0.2) is 5.84 Å². The van der Waals surface area contributed by atoms with Gasteiger partial charge in [0.2, 0.25) is 0 Å². The molecule has 0 spiro atoms. The number of benzene rings is 8. The summed E-state index contributed by atoms with van der Waals surface area (Å²) in [5.74, 6) is 0.730. The van der Waals surface area contributed by atoms with Crippen molar-refractivity contribution < 1.29 is 0 Å².